The molecule has 6 nitrogen and oxygen atoms in total. The van der Waals surface area contributed by atoms with Crippen LogP contribution in [0.1, 0.15) is 38.1 Å². The molecular weight excluding hydrogens is 328 g/mol. The van der Waals surface area contributed by atoms with E-state index >= 15 is 0 Å². The fraction of sp³-hybridized carbons (Fsp3) is 0.529. The maximum atomic E-state index is 12.4. The number of halogens is 1. The molecule has 0 saturated heterocycles. The second-order valence-corrected chi connectivity index (χ2v) is 6.86. The first-order valence-electron chi connectivity index (χ1n) is 7.78. The number of amides is 3. The Balaban J connectivity index is 0.00000529. The Bertz CT molecular complexity index is 544. The summed E-state index contributed by atoms with van der Waals surface area (Å²) in [6.45, 7) is 8.92. The van der Waals surface area contributed by atoms with Gasteiger partial charge in [0.15, 0.2) is 0 Å². The minimum Gasteiger partial charge on any atom is -0.341 e. The third-order valence-corrected chi connectivity index (χ3v) is 3.37. The third-order valence-electron chi connectivity index (χ3n) is 3.37. The largest absolute Gasteiger partial charge is 0.341 e. The summed E-state index contributed by atoms with van der Waals surface area (Å²) >= 11 is 0. The summed E-state index contributed by atoms with van der Waals surface area (Å²) in [5.74, 6) is -0.0651. The lowest BCUT2D eigenvalue weighted by Gasteiger charge is -2.29. The number of nitrogens with zero attached hydrogens (tertiary/aromatic N) is 1. The predicted molar refractivity (Wildman–Crippen MR) is 101 cm³/mol. The minimum atomic E-state index is -0.263. The number of carbonyl (C=O) groups is 2. The van der Waals surface area contributed by atoms with Crippen LogP contribution in [-0.4, -0.2) is 43.0 Å². The van der Waals surface area contributed by atoms with Crippen molar-refractivity contribution < 1.29 is 9.59 Å². The van der Waals surface area contributed by atoms with E-state index in [0.717, 1.165) is 0 Å². The number of nitrogens with two attached hydrogens (primary N) is 1. The van der Waals surface area contributed by atoms with Gasteiger partial charge < -0.3 is 21.3 Å². The Kier molecular flexibility index (Phi) is 8.78. The topological polar surface area (TPSA) is 87.5 Å². The molecule has 0 aliphatic heterocycles. The molecule has 136 valence electrons. The van der Waals surface area contributed by atoms with Crippen molar-refractivity contribution in [2.45, 2.75) is 33.7 Å². The molecule has 0 bridgehead atoms. The molecule has 0 aromatic heterocycles. The lowest BCUT2D eigenvalue weighted by atomic mass is 9.93. The highest BCUT2D eigenvalue weighted by atomic mass is 35.5. The molecule has 0 radical (unpaired) electrons. The summed E-state index contributed by atoms with van der Waals surface area (Å²) < 4.78 is 0. The lowest BCUT2D eigenvalue weighted by Crippen LogP contribution is -2.39. The van der Waals surface area contributed by atoms with Crippen LogP contribution >= 0.6 is 12.4 Å². The van der Waals surface area contributed by atoms with Gasteiger partial charge in [-0.2, -0.15) is 0 Å². The molecule has 0 fully saturated rings. The summed E-state index contributed by atoms with van der Waals surface area (Å²) in [5, 5.41) is 5.47. The first-order chi connectivity index (χ1) is 10.6. The number of benzene rings is 1. The van der Waals surface area contributed by atoms with Crippen molar-refractivity contribution in [2.75, 3.05) is 25.5 Å². The Hall–Kier alpha value is -1.79. The molecule has 4 N–H and O–H groups in total. The van der Waals surface area contributed by atoms with Crippen molar-refractivity contribution in [3.63, 3.8) is 0 Å². The Morgan fingerprint density at radius 2 is 1.75 bits per heavy atom. The molecule has 0 heterocycles. The average Bonchev–Trinajstić information content (AvgIpc) is 2.46. The van der Waals surface area contributed by atoms with Gasteiger partial charge in [-0.05, 0) is 50.1 Å². The molecule has 0 spiro atoms. The first-order valence-corrected chi connectivity index (χ1v) is 7.78. The van der Waals surface area contributed by atoms with Gasteiger partial charge in [0.25, 0.3) is 5.91 Å². The van der Waals surface area contributed by atoms with Crippen molar-refractivity contribution in [2.24, 2.45) is 11.1 Å². The smallest absolute Gasteiger partial charge is 0.319 e. The maximum absolute atomic E-state index is 12.4. The van der Waals surface area contributed by atoms with Crippen LogP contribution in [0.5, 0.6) is 0 Å². The maximum Gasteiger partial charge on any atom is 0.319 e. The zero-order valence-electron chi connectivity index (χ0n) is 15.1. The van der Waals surface area contributed by atoms with Crippen LogP contribution in [0.25, 0.3) is 0 Å². The molecule has 0 atom stereocenters. The Morgan fingerprint density at radius 1 is 1.21 bits per heavy atom. The molecule has 24 heavy (non-hydrogen) atoms. The first kappa shape index (κ1) is 22.2. The second-order valence-electron chi connectivity index (χ2n) is 6.86. The summed E-state index contributed by atoms with van der Waals surface area (Å²) in [7, 11) is 1.77. The molecule has 0 unspecified atom stereocenters. The van der Waals surface area contributed by atoms with E-state index in [1.165, 1.54) is 0 Å². The van der Waals surface area contributed by atoms with Crippen molar-refractivity contribution >= 4 is 30.0 Å². The molecule has 1 aromatic carbocycles. The van der Waals surface area contributed by atoms with E-state index in [1.807, 2.05) is 27.7 Å². The normalized spacial score (nSPS) is 10.8. The van der Waals surface area contributed by atoms with Crippen LogP contribution in [0, 0.1) is 5.41 Å². The zero-order valence-corrected chi connectivity index (χ0v) is 15.9. The van der Waals surface area contributed by atoms with Crippen molar-refractivity contribution in [1.29, 1.82) is 0 Å². The van der Waals surface area contributed by atoms with E-state index < -0.39 is 0 Å². The molecule has 7 heteroatoms. The van der Waals surface area contributed by atoms with E-state index in [2.05, 4.69) is 10.6 Å². The molecule has 0 aliphatic rings. The molecule has 0 saturated carbocycles. The number of hydrogen-bond acceptors (Lipinski definition) is 3. The summed E-state index contributed by atoms with van der Waals surface area (Å²) in [4.78, 5) is 25.7. The predicted octanol–water partition coefficient (Wildman–Crippen LogP) is 2.70. The standard InChI is InChI=1S/C17H28N4O2.ClH/c1-12(2)19-16(23)20-14-8-6-13(7-9-14)15(22)21(5)11-17(3,4)10-18;/h6-9,12H,10-11,18H2,1-5H3,(H2,19,20,23);1H. The highest BCUT2D eigenvalue weighted by Crippen LogP contribution is 2.17. The van der Waals surface area contributed by atoms with Crippen LogP contribution < -0.4 is 16.4 Å². The number of carbonyl (C=O) groups excluding carboxylic acids is 2. The molecule has 1 rings (SSSR count). The van der Waals surface area contributed by atoms with Crippen LogP contribution in [0.3, 0.4) is 0 Å². The molecular formula is C17H29ClN4O2. The Morgan fingerprint density at radius 3 is 2.21 bits per heavy atom. The van der Waals surface area contributed by atoms with E-state index in [-0.39, 0.29) is 35.8 Å². The summed E-state index contributed by atoms with van der Waals surface area (Å²) in [6, 6.07) is 6.65. The van der Waals surface area contributed by atoms with Gasteiger partial charge in [0, 0.05) is 30.9 Å². The van der Waals surface area contributed by atoms with Gasteiger partial charge in [-0.25, -0.2) is 4.79 Å². The number of nitrogens with one attached hydrogen (secondary N) is 2. The molecule has 3 amide bonds. The van der Waals surface area contributed by atoms with Gasteiger partial charge in [-0.3, -0.25) is 4.79 Å². The number of urea groups is 1. The van der Waals surface area contributed by atoms with Crippen LogP contribution in [0.15, 0.2) is 24.3 Å². The van der Waals surface area contributed by atoms with Gasteiger partial charge in [0.05, 0.1) is 0 Å². The van der Waals surface area contributed by atoms with Gasteiger partial charge in [-0.1, -0.05) is 13.8 Å². The summed E-state index contributed by atoms with van der Waals surface area (Å²) in [5.41, 5.74) is 6.81. The highest BCUT2D eigenvalue weighted by molar-refractivity contribution is 5.95. The lowest BCUT2D eigenvalue weighted by molar-refractivity contribution is 0.0740. The molecule has 1 aromatic rings. The third kappa shape index (κ3) is 7.19. The van der Waals surface area contributed by atoms with E-state index in [4.69, 9.17) is 5.73 Å². The zero-order chi connectivity index (χ0) is 17.6. The number of rotatable bonds is 6. The van der Waals surface area contributed by atoms with Gasteiger partial charge in [-0.15, -0.1) is 12.4 Å². The van der Waals surface area contributed by atoms with Crippen molar-refractivity contribution in [3.05, 3.63) is 29.8 Å². The second kappa shape index (κ2) is 9.49. The van der Waals surface area contributed by atoms with Gasteiger partial charge >= 0.3 is 6.03 Å². The quantitative estimate of drug-likeness (QED) is 0.732. The monoisotopic (exact) mass is 356 g/mol. The fourth-order valence-corrected chi connectivity index (χ4v) is 2.12. The van der Waals surface area contributed by atoms with E-state index in [0.29, 0.717) is 24.3 Å². The average molecular weight is 357 g/mol. The Labute approximate surface area is 150 Å². The SMILES string of the molecule is CC(C)NC(=O)Nc1ccc(C(=O)N(C)CC(C)(C)CN)cc1.Cl. The van der Waals surface area contributed by atoms with Gasteiger partial charge in [0.1, 0.15) is 0 Å². The van der Waals surface area contributed by atoms with Crippen LogP contribution in [0.2, 0.25) is 0 Å². The summed E-state index contributed by atoms with van der Waals surface area (Å²) in [6.07, 6.45) is 0. The molecule has 0 aliphatic carbocycles. The van der Waals surface area contributed by atoms with Gasteiger partial charge in [0.2, 0.25) is 0 Å². The minimum absolute atomic E-state index is 0. The van der Waals surface area contributed by atoms with Crippen molar-refractivity contribution in [1.82, 2.24) is 10.2 Å². The highest BCUT2D eigenvalue weighted by Gasteiger charge is 2.21. The van der Waals surface area contributed by atoms with Crippen molar-refractivity contribution in [3.8, 4) is 0 Å². The van der Waals surface area contributed by atoms with E-state index in [9.17, 15) is 9.59 Å². The van der Waals surface area contributed by atoms with Crippen LogP contribution in [0.4, 0.5) is 10.5 Å². The van der Waals surface area contributed by atoms with Crippen LogP contribution in [-0.2, 0) is 0 Å². The fourth-order valence-electron chi connectivity index (χ4n) is 2.12. The number of hydrogen-bond donors (Lipinski definition) is 3. The van der Waals surface area contributed by atoms with E-state index in [1.54, 1.807) is 36.2 Å². The number of anilines is 1.